The summed E-state index contributed by atoms with van der Waals surface area (Å²) in [5.74, 6) is 0. The Kier molecular flexibility index (Phi) is 9.93. The maximum absolute atomic E-state index is 5.01. The summed E-state index contributed by atoms with van der Waals surface area (Å²) in [6.07, 6.45) is 4.37. The molecule has 0 aliphatic carbocycles. The number of piperazine rings is 1. The summed E-state index contributed by atoms with van der Waals surface area (Å²) in [6.45, 7) is 12.7. The van der Waals surface area contributed by atoms with Crippen LogP contribution in [0, 0.1) is 0 Å². The van der Waals surface area contributed by atoms with Crippen molar-refractivity contribution in [2.75, 3.05) is 52.5 Å². The molecule has 0 bridgehead atoms. The molecule has 0 aromatic carbocycles. The van der Waals surface area contributed by atoms with E-state index in [0.29, 0.717) is 12.1 Å². The van der Waals surface area contributed by atoms with E-state index in [0.717, 1.165) is 52.5 Å². The molecule has 0 aromatic heterocycles. The highest BCUT2D eigenvalue weighted by molar-refractivity contribution is 5.04. The van der Waals surface area contributed by atoms with Gasteiger partial charge in [-0.15, -0.1) is 0 Å². The van der Waals surface area contributed by atoms with Gasteiger partial charge in [0.05, 0.1) is 13.2 Å². The van der Waals surface area contributed by atoms with Gasteiger partial charge in [-0.05, 0) is 13.8 Å². The molecule has 3 rings (SSSR count). The molecule has 0 saturated carbocycles. The molecule has 5 nitrogen and oxygen atoms in total. The van der Waals surface area contributed by atoms with Gasteiger partial charge in [-0.2, -0.15) is 0 Å². The van der Waals surface area contributed by atoms with E-state index in [-0.39, 0.29) is 0 Å². The Morgan fingerprint density at radius 3 is 1.32 bits per heavy atom. The summed E-state index contributed by atoms with van der Waals surface area (Å²) in [4.78, 5) is 0. The minimum atomic E-state index is 0.593. The second-order valence-electron chi connectivity index (χ2n) is 4.99. The largest absolute Gasteiger partial charge is 0.379 e. The SMILES string of the molecule is C1CNCCN1.C1COCCN1.CC1C=CC(C)N1. The lowest BCUT2D eigenvalue weighted by atomic mass is 10.4. The maximum Gasteiger partial charge on any atom is 0.0591 e. The van der Waals surface area contributed by atoms with Crippen molar-refractivity contribution in [3.05, 3.63) is 12.2 Å². The molecule has 3 aliphatic heterocycles. The lowest BCUT2D eigenvalue weighted by molar-refractivity contribution is 0.109. The van der Waals surface area contributed by atoms with Gasteiger partial charge in [0, 0.05) is 51.4 Å². The van der Waals surface area contributed by atoms with Crippen LogP contribution in [0.25, 0.3) is 0 Å². The molecule has 0 amide bonds. The molecule has 0 aromatic rings. The molecule has 2 unspecified atom stereocenters. The number of hydrogen-bond acceptors (Lipinski definition) is 5. The average Bonchev–Trinajstić information content (AvgIpc) is 2.87. The lowest BCUT2D eigenvalue weighted by Gasteiger charge is -2.11. The summed E-state index contributed by atoms with van der Waals surface area (Å²) in [7, 11) is 0. The third kappa shape index (κ3) is 10.0. The predicted octanol–water partition coefficient (Wildman–Crippen LogP) is -0.292. The first kappa shape index (κ1) is 16.6. The van der Waals surface area contributed by atoms with Crippen LogP contribution in [0.5, 0.6) is 0 Å². The Bertz CT molecular complexity index is 182. The minimum Gasteiger partial charge on any atom is -0.379 e. The van der Waals surface area contributed by atoms with Crippen LogP contribution < -0.4 is 21.3 Å². The molecule has 2 fully saturated rings. The quantitative estimate of drug-likeness (QED) is 0.456. The number of ether oxygens (including phenoxy) is 1. The highest BCUT2D eigenvalue weighted by Crippen LogP contribution is 1.98. The summed E-state index contributed by atoms with van der Waals surface area (Å²) in [6, 6.07) is 1.19. The van der Waals surface area contributed by atoms with Gasteiger partial charge in [0.25, 0.3) is 0 Å². The van der Waals surface area contributed by atoms with Gasteiger partial charge in [0.1, 0.15) is 0 Å². The van der Waals surface area contributed by atoms with E-state index in [2.05, 4.69) is 47.3 Å². The summed E-state index contributed by atoms with van der Waals surface area (Å²) < 4.78 is 5.01. The predicted molar refractivity (Wildman–Crippen MR) is 80.6 cm³/mol. The van der Waals surface area contributed by atoms with Crippen LogP contribution in [0.2, 0.25) is 0 Å². The summed E-state index contributed by atoms with van der Waals surface area (Å²) in [5.41, 5.74) is 0. The fraction of sp³-hybridized carbons (Fsp3) is 0.857. The Morgan fingerprint density at radius 2 is 1.16 bits per heavy atom. The van der Waals surface area contributed by atoms with Crippen molar-refractivity contribution in [1.29, 1.82) is 0 Å². The van der Waals surface area contributed by atoms with Crippen LogP contribution in [0.4, 0.5) is 0 Å². The molecule has 0 radical (unpaired) electrons. The fourth-order valence-corrected chi connectivity index (χ4v) is 1.98. The van der Waals surface area contributed by atoms with Crippen LogP contribution in [-0.4, -0.2) is 64.6 Å². The lowest BCUT2D eigenvalue weighted by Crippen LogP contribution is -2.39. The molecule has 0 spiro atoms. The first-order chi connectivity index (χ1) is 9.29. The van der Waals surface area contributed by atoms with Crippen molar-refractivity contribution in [2.24, 2.45) is 0 Å². The molecule has 3 aliphatic rings. The second kappa shape index (κ2) is 11.4. The van der Waals surface area contributed by atoms with Gasteiger partial charge in [-0.25, -0.2) is 0 Å². The fourth-order valence-electron chi connectivity index (χ4n) is 1.98. The average molecular weight is 270 g/mol. The van der Waals surface area contributed by atoms with Gasteiger partial charge in [-0.1, -0.05) is 12.2 Å². The van der Waals surface area contributed by atoms with Crippen molar-refractivity contribution in [1.82, 2.24) is 21.3 Å². The molecular weight excluding hydrogens is 240 g/mol. The van der Waals surface area contributed by atoms with Gasteiger partial charge < -0.3 is 26.0 Å². The van der Waals surface area contributed by atoms with Crippen LogP contribution in [0.3, 0.4) is 0 Å². The zero-order valence-corrected chi connectivity index (χ0v) is 12.4. The Balaban J connectivity index is 0.000000143. The first-order valence-electron chi connectivity index (χ1n) is 7.43. The van der Waals surface area contributed by atoms with Crippen LogP contribution in [0.1, 0.15) is 13.8 Å². The normalized spacial score (nSPS) is 29.8. The monoisotopic (exact) mass is 270 g/mol. The maximum atomic E-state index is 5.01. The number of nitrogens with one attached hydrogen (secondary N) is 4. The second-order valence-corrected chi connectivity index (χ2v) is 4.99. The molecule has 112 valence electrons. The van der Waals surface area contributed by atoms with Crippen molar-refractivity contribution in [3.8, 4) is 0 Å². The zero-order valence-electron chi connectivity index (χ0n) is 12.4. The highest BCUT2D eigenvalue weighted by atomic mass is 16.5. The highest BCUT2D eigenvalue weighted by Gasteiger charge is 2.06. The van der Waals surface area contributed by atoms with Crippen LogP contribution in [-0.2, 0) is 4.74 Å². The topological polar surface area (TPSA) is 57.4 Å². The van der Waals surface area contributed by atoms with Crippen molar-refractivity contribution < 1.29 is 4.74 Å². The molecular formula is C14H30N4O. The summed E-state index contributed by atoms with van der Waals surface area (Å²) in [5, 5.41) is 12.9. The zero-order chi connectivity index (χ0) is 13.8. The molecule has 2 atom stereocenters. The van der Waals surface area contributed by atoms with E-state index < -0.39 is 0 Å². The van der Waals surface area contributed by atoms with Gasteiger partial charge in [0.15, 0.2) is 0 Å². The number of rotatable bonds is 0. The van der Waals surface area contributed by atoms with Gasteiger partial charge in [-0.3, -0.25) is 0 Å². The van der Waals surface area contributed by atoms with E-state index in [9.17, 15) is 0 Å². The van der Waals surface area contributed by atoms with E-state index in [1.54, 1.807) is 0 Å². The van der Waals surface area contributed by atoms with Crippen LogP contribution >= 0.6 is 0 Å². The molecule has 19 heavy (non-hydrogen) atoms. The third-order valence-corrected chi connectivity index (χ3v) is 3.02. The van der Waals surface area contributed by atoms with E-state index in [4.69, 9.17) is 4.74 Å². The van der Waals surface area contributed by atoms with Crippen molar-refractivity contribution in [2.45, 2.75) is 25.9 Å². The smallest absolute Gasteiger partial charge is 0.0591 e. The molecule has 2 saturated heterocycles. The van der Waals surface area contributed by atoms with E-state index >= 15 is 0 Å². The Labute approximate surface area is 117 Å². The standard InChI is InChI=1S/C6H11N.C4H10N2.C4H9NO/c1-5-3-4-6(2)7-5;1-2-6-4-3-5-1;1-3-6-4-2-5-1/h3-7H,1-2H3;5-6H,1-4H2;5H,1-4H2. The van der Waals surface area contributed by atoms with Crippen LogP contribution in [0.15, 0.2) is 12.2 Å². The molecule has 3 heterocycles. The number of hydrogen-bond donors (Lipinski definition) is 4. The third-order valence-electron chi connectivity index (χ3n) is 3.02. The number of morpholine rings is 1. The Hall–Kier alpha value is -0.460. The van der Waals surface area contributed by atoms with Crippen molar-refractivity contribution >= 4 is 0 Å². The molecule has 4 N–H and O–H groups in total. The molecule has 5 heteroatoms. The first-order valence-corrected chi connectivity index (χ1v) is 7.43. The van der Waals surface area contributed by atoms with Gasteiger partial charge in [0.2, 0.25) is 0 Å². The minimum absolute atomic E-state index is 0.593. The Morgan fingerprint density at radius 1 is 0.737 bits per heavy atom. The van der Waals surface area contributed by atoms with Crippen molar-refractivity contribution in [3.63, 3.8) is 0 Å². The summed E-state index contributed by atoms with van der Waals surface area (Å²) >= 11 is 0. The van der Waals surface area contributed by atoms with Gasteiger partial charge >= 0.3 is 0 Å². The van der Waals surface area contributed by atoms with E-state index in [1.807, 2.05) is 0 Å². The van der Waals surface area contributed by atoms with E-state index in [1.165, 1.54) is 0 Å².